The van der Waals surface area contributed by atoms with Gasteiger partial charge in [0.2, 0.25) is 5.91 Å². The minimum Gasteiger partial charge on any atom is -0.339 e. The molecule has 170 valence electrons. The van der Waals surface area contributed by atoms with Gasteiger partial charge in [0, 0.05) is 57.4 Å². The average Bonchev–Trinajstić information content (AvgIpc) is 2.84. The Balaban J connectivity index is 1.45. The van der Waals surface area contributed by atoms with Crippen LogP contribution in [0.5, 0.6) is 0 Å². The molecule has 2 saturated heterocycles. The van der Waals surface area contributed by atoms with E-state index in [1.165, 1.54) is 17.7 Å². The lowest BCUT2D eigenvalue weighted by atomic mass is 10.0. The monoisotopic (exact) mass is 438 g/mol. The zero-order chi connectivity index (χ0) is 22.3. The molecular weight excluding hydrogens is 407 g/mol. The number of hydrogen-bond donors (Lipinski definition) is 1. The summed E-state index contributed by atoms with van der Waals surface area (Å²) in [6, 6.07) is 16.1. The van der Waals surface area contributed by atoms with Gasteiger partial charge in [-0.1, -0.05) is 36.4 Å². The van der Waals surface area contributed by atoms with Crippen molar-refractivity contribution in [3.05, 3.63) is 71.5 Å². The Bertz CT molecular complexity index is 909. The van der Waals surface area contributed by atoms with Crippen LogP contribution in [0.2, 0.25) is 0 Å². The number of piperazine rings is 1. The molecule has 2 aromatic carbocycles. The van der Waals surface area contributed by atoms with Crippen LogP contribution >= 0.6 is 0 Å². The Morgan fingerprint density at radius 1 is 0.969 bits per heavy atom. The molecule has 0 saturated carbocycles. The van der Waals surface area contributed by atoms with Crippen LogP contribution in [-0.4, -0.2) is 78.4 Å². The molecule has 0 unspecified atom stereocenters. The Hall–Kier alpha value is -2.77. The van der Waals surface area contributed by atoms with Crippen molar-refractivity contribution in [2.45, 2.75) is 25.4 Å². The summed E-state index contributed by atoms with van der Waals surface area (Å²) in [6.07, 6.45) is 1.59. The van der Waals surface area contributed by atoms with E-state index in [2.05, 4.69) is 22.3 Å². The second-order valence-electron chi connectivity index (χ2n) is 8.57. The predicted octanol–water partition coefficient (Wildman–Crippen LogP) is 2.36. The lowest BCUT2D eigenvalue weighted by Crippen LogP contribution is -2.54. The molecule has 7 heteroatoms. The lowest BCUT2D eigenvalue weighted by Gasteiger charge is -2.39. The van der Waals surface area contributed by atoms with Gasteiger partial charge in [-0.2, -0.15) is 0 Å². The maximum atomic E-state index is 13.8. The number of carbonyl (C=O) groups excluding carboxylic acids is 2. The van der Waals surface area contributed by atoms with Gasteiger partial charge in [-0.15, -0.1) is 0 Å². The molecule has 0 radical (unpaired) electrons. The van der Waals surface area contributed by atoms with Crippen molar-refractivity contribution in [2.24, 2.45) is 0 Å². The molecule has 2 fully saturated rings. The van der Waals surface area contributed by atoms with Crippen LogP contribution < -0.4 is 5.32 Å². The molecule has 0 atom stereocenters. The summed E-state index contributed by atoms with van der Waals surface area (Å²) in [5, 5.41) is 3.24. The first-order valence-corrected chi connectivity index (χ1v) is 11.4. The molecule has 1 N–H and O–H groups in total. The first kappa shape index (κ1) is 22.4. The van der Waals surface area contributed by atoms with E-state index in [0.717, 1.165) is 45.6 Å². The van der Waals surface area contributed by atoms with Crippen LogP contribution in [0, 0.1) is 5.82 Å². The highest BCUT2D eigenvalue weighted by Crippen LogP contribution is 2.21. The minimum atomic E-state index is -0.443. The van der Waals surface area contributed by atoms with Gasteiger partial charge >= 0.3 is 0 Å². The molecule has 2 amide bonds. The second-order valence-corrected chi connectivity index (χ2v) is 8.57. The molecule has 2 heterocycles. The number of likely N-dealkylation sites (tertiary alicyclic amines) is 1. The minimum absolute atomic E-state index is 0.0374. The van der Waals surface area contributed by atoms with Crippen LogP contribution in [0.25, 0.3) is 0 Å². The van der Waals surface area contributed by atoms with Crippen LogP contribution in [-0.2, 0) is 11.3 Å². The lowest BCUT2D eigenvalue weighted by molar-refractivity contribution is -0.133. The third-order valence-electron chi connectivity index (χ3n) is 6.35. The fourth-order valence-electron chi connectivity index (χ4n) is 4.54. The second kappa shape index (κ2) is 10.7. The smallest absolute Gasteiger partial charge is 0.254 e. The number of benzene rings is 2. The van der Waals surface area contributed by atoms with Gasteiger partial charge in [-0.3, -0.25) is 14.5 Å². The third kappa shape index (κ3) is 5.72. The average molecular weight is 439 g/mol. The van der Waals surface area contributed by atoms with Gasteiger partial charge < -0.3 is 15.1 Å². The summed E-state index contributed by atoms with van der Waals surface area (Å²) in [4.78, 5) is 32.2. The van der Waals surface area contributed by atoms with Gasteiger partial charge in [-0.25, -0.2) is 4.39 Å². The number of hydrogen-bond acceptors (Lipinski definition) is 4. The van der Waals surface area contributed by atoms with Crippen molar-refractivity contribution < 1.29 is 14.0 Å². The summed E-state index contributed by atoms with van der Waals surface area (Å²) in [6.45, 7) is 5.46. The molecule has 2 aliphatic rings. The number of nitrogens with zero attached hydrogens (tertiary/aromatic N) is 3. The number of halogens is 1. The summed E-state index contributed by atoms with van der Waals surface area (Å²) >= 11 is 0. The predicted molar refractivity (Wildman–Crippen MR) is 122 cm³/mol. The first-order chi connectivity index (χ1) is 15.6. The third-order valence-corrected chi connectivity index (χ3v) is 6.35. The largest absolute Gasteiger partial charge is 0.339 e. The maximum Gasteiger partial charge on any atom is 0.254 e. The van der Waals surface area contributed by atoms with Crippen molar-refractivity contribution in [3.63, 3.8) is 0 Å². The Morgan fingerprint density at radius 2 is 1.69 bits per heavy atom. The van der Waals surface area contributed by atoms with Crippen LogP contribution in [0.3, 0.4) is 0 Å². The summed E-state index contributed by atoms with van der Waals surface area (Å²) in [7, 11) is 0. The van der Waals surface area contributed by atoms with Crippen molar-refractivity contribution in [1.82, 2.24) is 20.0 Å². The van der Waals surface area contributed by atoms with E-state index >= 15 is 0 Å². The molecule has 6 nitrogen and oxygen atoms in total. The number of rotatable bonds is 6. The van der Waals surface area contributed by atoms with Crippen LogP contribution in [0.15, 0.2) is 54.6 Å². The number of amides is 2. The van der Waals surface area contributed by atoms with Crippen molar-refractivity contribution >= 4 is 11.8 Å². The highest BCUT2D eigenvalue weighted by molar-refractivity contribution is 5.96. The zero-order valence-corrected chi connectivity index (χ0v) is 18.4. The fourth-order valence-corrected chi connectivity index (χ4v) is 4.54. The van der Waals surface area contributed by atoms with Crippen LogP contribution in [0.1, 0.15) is 28.8 Å². The summed E-state index contributed by atoms with van der Waals surface area (Å²) < 4.78 is 13.8. The molecule has 0 bridgehead atoms. The highest BCUT2D eigenvalue weighted by atomic mass is 19.1. The Morgan fingerprint density at radius 3 is 2.38 bits per heavy atom. The van der Waals surface area contributed by atoms with Crippen molar-refractivity contribution in [1.29, 1.82) is 0 Å². The normalized spacial score (nSPS) is 17.8. The highest BCUT2D eigenvalue weighted by Gasteiger charge is 2.31. The SMILES string of the molecule is O=C(CN(C(=O)c1cccc(F)c1)C1CCN(Cc2ccccc2)CC1)N1CCNCC1. The van der Waals surface area contributed by atoms with E-state index < -0.39 is 5.82 Å². The van der Waals surface area contributed by atoms with E-state index in [9.17, 15) is 14.0 Å². The van der Waals surface area contributed by atoms with Gasteiger partial charge in [0.25, 0.3) is 5.91 Å². The van der Waals surface area contributed by atoms with Gasteiger partial charge in [-0.05, 0) is 36.6 Å². The number of carbonyl (C=O) groups is 2. The molecule has 32 heavy (non-hydrogen) atoms. The topological polar surface area (TPSA) is 55.9 Å². The Labute approximate surface area is 189 Å². The fraction of sp³-hybridized carbons (Fsp3) is 0.440. The van der Waals surface area contributed by atoms with E-state index in [4.69, 9.17) is 0 Å². The molecule has 2 aliphatic heterocycles. The number of piperidine rings is 1. The van der Waals surface area contributed by atoms with Crippen molar-refractivity contribution in [3.8, 4) is 0 Å². The van der Waals surface area contributed by atoms with Gasteiger partial charge in [0.15, 0.2) is 0 Å². The quantitative estimate of drug-likeness (QED) is 0.753. The number of nitrogens with one attached hydrogen (secondary N) is 1. The standard InChI is InChI=1S/C25H31FN4O2/c26-22-8-4-7-21(17-22)25(32)30(19-24(31)29-15-11-27-12-16-29)23-9-13-28(14-10-23)18-20-5-2-1-3-6-20/h1-8,17,23,27H,9-16,18-19H2. The Kier molecular flexibility index (Phi) is 7.50. The molecule has 0 aromatic heterocycles. The molecule has 2 aromatic rings. The van der Waals surface area contributed by atoms with Crippen LogP contribution in [0.4, 0.5) is 4.39 Å². The molecule has 4 rings (SSSR count). The van der Waals surface area contributed by atoms with E-state index in [-0.39, 0.29) is 24.4 Å². The zero-order valence-electron chi connectivity index (χ0n) is 18.4. The first-order valence-electron chi connectivity index (χ1n) is 11.4. The van der Waals surface area contributed by atoms with Crippen molar-refractivity contribution in [2.75, 3.05) is 45.8 Å². The summed E-state index contributed by atoms with van der Waals surface area (Å²) in [5.41, 5.74) is 1.57. The summed E-state index contributed by atoms with van der Waals surface area (Å²) in [5.74, 6) is -0.751. The van der Waals surface area contributed by atoms with E-state index in [0.29, 0.717) is 18.7 Å². The van der Waals surface area contributed by atoms with Gasteiger partial charge in [0.1, 0.15) is 12.4 Å². The van der Waals surface area contributed by atoms with E-state index in [1.807, 2.05) is 23.1 Å². The molecule has 0 aliphatic carbocycles. The maximum absolute atomic E-state index is 13.8. The van der Waals surface area contributed by atoms with Gasteiger partial charge in [0.05, 0.1) is 0 Å². The molecular formula is C25H31FN4O2. The molecule has 0 spiro atoms. The van der Waals surface area contributed by atoms with E-state index in [1.54, 1.807) is 17.0 Å².